The minimum absolute atomic E-state index is 0.155. The van der Waals surface area contributed by atoms with Gasteiger partial charge in [0.2, 0.25) is 0 Å². The molecule has 3 rings (SSSR count). The highest BCUT2D eigenvalue weighted by molar-refractivity contribution is 8.03. The van der Waals surface area contributed by atoms with Crippen LogP contribution in [-0.2, 0) is 6.54 Å². The molecule has 2 aromatic rings. The van der Waals surface area contributed by atoms with Crippen LogP contribution in [0.4, 0.5) is 4.39 Å². The number of hydrogen-bond donors (Lipinski definition) is 1. The van der Waals surface area contributed by atoms with Gasteiger partial charge >= 0.3 is 0 Å². The zero-order valence-corrected chi connectivity index (χ0v) is 13.4. The van der Waals surface area contributed by atoms with Gasteiger partial charge in [-0.3, -0.25) is 0 Å². The summed E-state index contributed by atoms with van der Waals surface area (Å²) in [5.41, 5.74) is 0.727. The molecular weight excluding hydrogens is 313 g/mol. The average Bonchev–Trinajstić information content (AvgIpc) is 3.16. The van der Waals surface area contributed by atoms with Gasteiger partial charge in [0.1, 0.15) is 5.82 Å². The van der Waals surface area contributed by atoms with Gasteiger partial charge in [-0.1, -0.05) is 40.9 Å². The fraction of sp³-hybridized carbons (Fsp3) is 0.385. The van der Waals surface area contributed by atoms with E-state index in [1.165, 1.54) is 42.0 Å². The fourth-order valence-electron chi connectivity index (χ4n) is 1.75. The first kappa shape index (κ1) is 14.3. The van der Waals surface area contributed by atoms with Crippen molar-refractivity contribution < 1.29 is 4.39 Å². The van der Waals surface area contributed by atoms with E-state index >= 15 is 0 Å². The van der Waals surface area contributed by atoms with Gasteiger partial charge in [-0.15, -0.1) is 10.2 Å². The molecule has 0 aliphatic heterocycles. The monoisotopic (exact) mass is 327 g/mol. The summed E-state index contributed by atoms with van der Waals surface area (Å²) in [4.78, 5) is 0.918. The third kappa shape index (κ3) is 3.52. The maximum Gasteiger partial charge on any atom is 0.179 e. The second kappa shape index (κ2) is 6.43. The maximum absolute atomic E-state index is 14.0. The number of rotatable bonds is 6. The van der Waals surface area contributed by atoms with Gasteiger partial charge in [0, 0.05) is 23.0 Å². The second-order valence-electron chi connectivity index (χ2n) is 4.51. The van der Waals surface area contributed by atoms with E-state index in [2.05, 4.69) is 15.5 Å². The molecule has 1 fully saturated rings. The Morgan fingerprint density at radius 1 is 1.35 bits per heavy atom. The lowest BCUT2D eigenvalue weighted by atomic mass is 10.2. The van der Waals surface area contributed by atoms with Gasteiger partial charge in [-0.25, -0.2) is 4.39 Å². The van der Waals surface area contributed by atoms with Crippen molar-refractivity contribution in [3.8, 4) is 0 Å². The molecule has 1 heterocycles. The summed E-state index contributed by atoms with van der Waals surface area (Å²) in [6, 6.07) is 5.77. The van der Waals surface area contributed by atoms with Crippen LogP contribution < -0.4 is 5.32 Å². The largest absolute Gasteiger partial charge is 0.310 e. The summed E-state index contributed by atoms with van der Waals surface area (Å²) >= 11 is 4.60. The molecule has 0 radical (unpaired) electrons. The maximum atomic E-state index is 14.0. The third-order valence-electron chi connectivity index (χ3n) is 2.98. The molecule has 1 aromatic heterocycles. The van der Waals surface area contributed by atoms with Gasteiger partial charge in [-0.2, -0.15) is 0 Å². The van der Waals surface area contributed by atoms with E-state index in [-0.39, 0.29) is 5.82 Å². The van der Waals surface area contributed by atoms with E-state index in [1.54, 1.807) is 17.8 Å². The molecule has 0 unspecified atom stereocenters. The van der Waals surface area contributed by atoms with E-state index in [1.807, 2.05) is 12.3 Å². The number of halogens is 1. The third-order valence-corrected chi connectivity index (χ3v) is 6.03. The van der Waals surface area contributed by atoms with Gasteiger partial charge in [-0.05, 0) is 31.2 Å². The lowest BCUT2D eigenvalue weighted by Gasteiger charge is -2.09. The Kier molecular flexibility index (Phi) is 4.60. The van der Waals surface area contributed by atoms with Crippen LogP contribution in [0.15, 0.2) is 31.8 Å². The Morgan fingerprint density at radius 2 is 2.15 bits per heavy atom. The molecule has 3 nitrogen and oxygen atoms in total. The van der Waals surface area contributed by atoms with Crippen LogP contribution in [-0.4, -0.2) is 22.5 Å². The lowest BCUT2D eigenvalue weighted by Crippen LogP contribution is -2.16. The van der Waals surface area contributed by atoms with Crippen LogP contribution in [0.25, 0.3) is 0 Å². The quantitative estimate of drug-likeness (QED) is 0.817. The summed E-state index contributed by atoms with van der Waals surface area (Å²) < 4.78 is 15.8. The molecular formula is C13H14FN3S3. The van der Waals surface area contributed by atoms with Crippen molar-refractivity contribution in [2.45, 2.75) is 39.0 Å². The van der Waals surface area contributed by atoms with Crippen LogP contribution in [0.2, 0.25) is 0 Å². The molecule has 0 spiro atoms. The molecule has 0 bridgehead atoms. The first-order chi connectivity index (χ1) is 9.76. The second-order valence-corrected chi connectivity index (χ2v) is 7.83. The Balaban J connectivity index is 1.78. The van der Waals surface area contributed by atoms with Crippen molar-refractivity contribution in [3.63, 3.8) is 0 Å². The van der Waals surface area contributed by atoms with Crippen LogP contribution >= 0.6 is 34.9 Å². The van der Waals surface area contributed by atoms with Gasteiger partial charge in [0.25, 0.3) is 0 Å². The smallest absolute Gasteiger partial charge is 0.179 e. The highest BCUT2D eigenvalue weighted by Gasteiger charge is 2.21. The summed E-state index contributed by atoms with van der Waals surface area (Å²) in [6.45, 7) is 0.577. The van der Waals surface area contributed by atoms with Crippen molar-refractivity contribution in [3.05, 3.63) is 29.6 Å². The highest BCUT2D eigenvalue weighted by Crippen LogP contribution is 2.35. The number of benzene rings is 1. The Bertz CT molecular complexity index is 598. The first-order valence-corrected chi connectivity index (χ1v) is 9.18. The van der Waals surface area contributed by atoms with Crippen LogP contribution in [0.1, 0.15) is 18.4 Å². The minimum atomic E-state index is -0.155. The molecule has 1 aromatic carbocycles. The number of nitrogens with one attached hydrogen (secondary N) is 1. The van der Waals surface area contributed by atoms with Crippen molar-refractivity contribution in [1.82, 2.24) is 15.5 Å². The van der Waals surface area contributed by atoms with E-state index in [0.29, 0.717) is 12.6 Å². The van der Waals surface area contributed by atoms with Crippen LogP contribution in [0, 0.1) is 5.82 Å². The summed E-state index contributed by atoms with van der Waals surface area (Å²) in [5, 5.41) is 11.6. The lowest BCUT2D eigenvalue weighted by molar-refractivity contribution is 0.579. The van der Waals surface area contributed by atoms with Crippen LogP contribution in [0.5, 0.6) is 0 Å². The average molecular weight is 327 g/mol. The first-order valence-electron chi connectivity index (χ1n) is 6.32. The van der Waals surface area contributed by atoms with Crippen molar-refractivity contribution in [2.75, 3.05) is 6.26 Å². The van der Waals surface area contributed by atoms with Gasteiger partial charge < -0.3 is 5.32 Å². The SMILES string of the molecule is CSc1nnc(Sc2cccc(F)c2CNC2CC2)s1. The zero-order valence-electron chi connectivity index (χ0n) is 10.9. The topological polar surface area (TPSA) is 37.8 Å². The molecule has 106 valence electrons. The number of nitrogens with zero attached hydrogens (tertiary/aromatic N) is 2. The molecule has 0 atom stereocenters. The summed E-state index contributed by atoms with van der Waals surface area (Å²) in [5.74, 6) is -0.155. The standard InChI is InChI=1S/C13H14FN3S3/c1-18-12-16-17-13(20-12)19-11-4-2-3-10(14)9(11)7-15-8-5-6-8/h2-4,8,15H,5-7H2,1H3. The molecule has 1 N–H and O–H groups in total. The van der Waals surface area contributed by atoms with Gasteiger partial charge in [0.05, 0.1) is 0 Å². The Labute approximate surface area is 129 Å². The normalized spacial score (nSPS) is 14.7. The molecule has 1 aliphatic carbocycles. The van der Waals surface area contributed by atoms with Gasteiger partial charge in [0.15, 0.2) is 8.68 Å². The molecule has 0 amide bonds. The predicted molar refractivity (Wildman–Crippen MR) is 82.1 cm³/mol. The van der Waals surface area contributed by atoms with E-state index in [9.17, 15) is 4.39 Å². The van der Waals surface area contributed by atoms with E-state index in [4.69, 9.17) is 0 Å². The van der Waals surface area contributed by atoms with Crippen molar-refractivity contribution in [1.29, 1.82) is 0 Å². The molecule has 1 aliphatic rings. The number of aromatic nitrogens is 2. The molecule has 1 saturated carbocycles. The highest BCUT2D eigenvalue weighted by atomic mass is 32.2. The van der Waals surface area contributed by atoms with Crippen molar-refractivity contribution >= 4 is 34.9 Å². The Morgan fingerprint density at radius 3 is 2.85 bits per heavy atom. The fourth-order valence-corrected chi connectivity index (χ4v) is 4.30. The predicted octanol–water partition coefficient (Wildman–Crippen LogP) is 3.80. The zero-order chi connectivity index (χ0) is 13.9. The number of hydrogen-bond acceptors (Lipinski definition) is 6. The van der Waals surface area contributed by atoms with E-state index < -0.39 is 0 Å². The Hall–Kier alpha value is -0.630. The summed E-state index contributed by atoms with van der Waals surface area (Å²) in [7, 11) is 0. The number of thioether (sulfide) groups is 1. The minimum Gasteiger partial charge on any atom is -0.310 e. The van der Waals surface area contributed by atoms with E-state index in [0.717, 1.165) is 19.1 Å². The molecule has 0 saturated heterocycles. The van der Waals surface area contributed by atoms with Crippen molar-refractivity contribution in [2.24, 2.45) is 0 Å². The molecule has 7 heteroatoms. The molecule has 20 heavy (non-hydrogen) atoms. The summed E-state index contributed by atoms with van der Waals surface area (Å²) in [6.07, 6.45) is 4.37. The van der Waals surface area contributed by atoms with Crippen LogP contribution in [0.3, 0.4) is 0 Å².